The maximum absolute atomic E-state index is 13.7. The standard InChI is InChI=1S/C22H26F6/c1-6-15(2)16(3)9-7-8-12-20(21(23,24)25,22(26,27)28)14-19-11-10-17(4)18(5)13-19/h6-11,13H,12,14H2,1-5H3/b8-7-,15-6-,16-9-. The highest BCUT2D eigenvalue weighted by Crippen LogP contribution is 2.54. The van der Waals surface area contributed by atoms with Crippen LogP contribution in [0.1, 0.15) is 43.9 Å². The number of hydrogen-bond acceptors (Lipinski definition) is 0. The SMILES string of the molecule is C\C=C(C)/C(C)=C\C=C/CC(Cc1ccc(C)c(C)c1)(C(F)(F)F)C(F)(F)F. The first-order chi connectivity index (χ1) is 12.7. The van der Waals surface area contributed by atoms with Gasteiger partial charge in [0.2, 0.25) is 0 Å². The molecule has 0 spiro atoms. The summed E-state index contributed by atoms with van der Waals surface area (Å²) >= 11 is 0. The summed E-state index contributed by atoms with van der Waals surface area (Å²) in [6.45, 7) is 8.78. The summed E-state index contributed by atoms with van der Waals surface area (Å²) in [6.07, 6.45) is -7.66. The van der Waals surface area contributed by atoms with Gasteiger partial charge in [-0.25, -0.2) is 0 Å². The zero-order chi connectivity index (χ0) is 21.8. The lowest BCUT2D eigenvalue weighted by molar-refractivity contribution is -0.339. The lowest BCUT2D eigenvalue weighted by atomic mass is 9.76. The third-order valence-corrected chi connectivity index (χ3v) is 5.17. The number of rotatable bonds is 6. The van der Waals surface area contributed by atoms with Crippen molar-refractivity contribution in [1.82, 2.24) is 0 Å². The molecular formula is C22H26F6. The van der Waals surface area contributed by atoms with E-state index < -0.39 is 30.6 Å². The fraction of sp³-hybridized carbons (Fsp3) is 0.455. The Bertz CT molecular complexity index is 746. The van der Waals surface area contributed by atoms with Crippen LogP contribution in [0.5, 0.6) is 0 Å². The number of benzene rings is 1. The minimum absolute atomic E-state index is 0.0163. The second kappa shape index (κ2) is 9.01. The van der Waals surface area contributed by atoms with Crippen molar-refractivity contribution < 1.29 is 26.3 Å². The van der Waals surface area contributed by atoms with E-state index in [0.29, 0.717) is 5.56 Å². The van der Waals surface area contributed by atoms with Crippen molar-refractivity contribution in [3.05, 3.63) is 70.3 Å². The summed E-state index contributed by atoms with van der Waals surface area (Å²) in [5.74, 6) is 0. The molecule has 0 saturated heterocycles. The molecule has 1 aromatic carbocycles. The zero-order valence-corrected chi connectivity index (χ0v) is 16.7. The zero-order valence-electron chi connectivity index (χ0n) is 16.7. The van der Waals surface area contributed by atoms with E-state index in [1.54, 1.807) is 33.8 Å². The van der Waals surface area contributed by atoms with Gasteiger partial charge >= 0.3 is 12.4 Å². The molecule has 0 amide bonds. The molecule has 0 aliphatic rings. The van der Waals surface area contributed by atoms with Crippen LogP contribution in [-0.4, -0.2) is 12.4 Å². The van der Waals surface area contributed by atoms with Crippen molar-refractivity contribution in [2.75, 3.05) is 0 Å². The normalized spacial score (nSPS) is 14.8. The molecule has 6 heteroatoms. The second-order valence-corrected chi connectivity index (χ2v) is 7.13. The lowest BCUT2D eigenvalue weighted by Crippen LogP contribution is -2.51. The molecule has 0 aromatic heterocycles. The molecule has 156 valence electrons. The van der Waals surface area contributed by atoms with E-state index >= 15 is 0 Å². The quantitative estimate of drug-likeness (QED) is 0.335. The highest BCUT2D eigenvalue weighted by atomic mass is 19.4. The van der Waals surface area contributed by atoms with Crippen LogP contribution in [0.4, 0.5) is 26.3 Å². The van der Waals surface area contributed by atoms with Gasteiger partial charge in [-0.05, 0) is 69.7 Å². The molecule has 0 bridgehead atoms. The summed E-state index contributed by atoms with van der Waals surface area (Å²) in [5.41, 5.74) is -0.673. The van der Waals surface area contributed by atoms with Crippen LogP contribution in [0.3, 0.4) is 0 Å². The molecule has 1 aromatic rings. The van der Waals surface area contributed by atoms with Crippen molar-refractivity contribution in [2.45, 2.75) is 59.8 Å². The minimum Gasteiger partial charge on any atom is -0.170 e. The molecule has 0 nitrogen and oxygen atoms in total. The van der Waals surface area contributed by atoms with Gasteiger partial charge in [-0.3, -0.25) is 0 Å². The molecule has 0 aliphatic heterocycles. The van der Waals surface area contributed by atoms with E-state index in [0.717, 1.165) is 22.8 Å². The second-order valence-electron chi connectivity index (χ2n) is 7.13. The molecule has 0 heterocycles. The van der Waals surface area contributed by atoms with E-state index in [-0.39, 0.29) is 5.56 Å². The molecule has 0 atom stereocenters. The molecule has 1 rings (SSSR count). The maximum Gasteiger partial charge on any atom is 0.403 e. The Kier molecular flexibility index (Phi) is 7.74. The molecule has 0 fully saturated rings. The average Bonchev–Trinajstić information content (AvgIpc) is 2.57. The van der Waals surface area contributed by atoms with Crippen molar-refractivity contribution >= 4 is 0 Å². The average molecular weight is 404 g/mol. The van der Waals surface area contributed by atoms with Gasteiger partial charge in [0.25, 0.3) is 0 Å². The van der Waals surface area contributed by atoms with Gasteiger partial charge < -0.3 is 0 Å². The maximum atomic E-state index is 13.7. The lowest BCUT2D eigenvalue weighted by Gasteiger charge is -2.37. The molecule has 0 radical (unpaired) electrons. The Balaban J connectivity index is 3.33. The summed E-state index contributed by atoms with van der Waals surface area (Å²) in [5, 5.41) is 0. The smallest absolute Gasteiger partial charge is 0.170 e. The Hall–Kier alpha value is -1.98. The van der Waals surface area contributed by atoms with Crippen LogP contribution in [0.2, 0.25) is 0 Å². The van der Waals surface area contributed by atoms with Crippen LogP contribution >= 0.6 is 0 Å². The highest BCUT2D eigenvalue weighted by Gasteiger charge is 2.69. The van der Waals surface area contributed by atoms with Gasteiger partial charge in [0.15, 0.2) is 5.41 Å². The van der Waals surface area contributed by atoms with Gasteiger partial charge in [0, 0.05) is 0 Å². The monoisotopic (exact) mass is 404 g/mol. The highest BCUT2D eigenvalue weighted by molar-refractivity contribution is 5.32. The number of allylic oxidation sites excluding steroid dienone is 6. The summed E-state index contributed by atoms with van der Waals surface area (Å²) in [6, 6.07) is 4.27. The fourth-order valence-corrected chi connectivity index (χ4v) is 2.77. The van der Waals surface area contributed by atoms with Gasteiger partial charge in [-0.1, -0.05) is 48.1 Å². The van der Waals surface area contributed by atoms with Gasteiger partial charge in [0.1, 0.15) is 0 Å². The van der Waals surface area contributed by atoms with Crippen LogP contribution in [-0.2, 0) is 6.42 Å². The number of halogens is 6. The largest absolute Gasteiger partial charge is 0.403 e. The van der Waals surface area contributed by atoms with Crippen LogP contribution in [0.15, 0.2) is 53.6 Å². The summed E-state index contributed by atoms with van der Waals surface area (Å²) in [7, 11) is 0. The summed E-state index contributed by atoms with van der Waals surface area (Å²) < 4.78 is 82.4. The molecule has 0 N–H and O–H groups in total. The minimum atomic E-state index is -5.44. The van der Waals surface area contributed by atoms with Crippen LogP contribution < -0.4 is 0 Å². The summed E-state index contributed by atoms with van der Waals surface area (Å²) in [4.78, 5) is 0. The first kappa shape index (κ1) is 24.1. The predicted molar refractivity (Wildman–Crippen MR) is 101 cm³/mol. The van der Waals surface area contributed by atoms with Gasteiger partial charge in [-0.2, -0.15) is 26.3 Å². The van der Waals surface area contributed by atoms with Crippen molar-refractivity contribution in [1.29, 1.82) is 0 Å². The molecule has 0 aliphatic carbocycles. The molecule has 0 unspecified atom stereocenters. The van der Waals surface area contributed by atoms with Crippen molar-refractivity contribution in [3.63, 3.8) is 0 Å². The Morgan fingerprint density at radius 2 is 1.46 bits per heavy atom. The van der Waals surface area contributed by atoms with E-state index in [9.17, 15) is 26.3 Å². The Labute approximate surface area is 162 Å². The van der Waals surface area contributed by atoms with Crippen molar-refractivity contribution in [2.24, 2.45) is 5.41 Å². The molecule has 0 saturated carbocycles. The number of hydrogen-bond donors (Lipinski definition) is 0. The van der Waals surface area contributed by atoms with E-state index in [1.165, 1.54) is 24.3 Å². The van der Waals surface area contributed by atoms with E-state index in [4.69, 9.17) is 0 Å². The third kappa shape index (κ3) is 5.52. The van der Waals surface area contributed by atoms with Crippen LogP contribution in [0.25, 0.3) is 0 Å². The fourth-order valence-electron chi connectivity index (χ4n) is 2.77. The first-order valence-corrected chi connectivity index (χ1v) is 8.91. The van der Waals surface area contributed by atoms with Crippen LogP contribution in [0, 0.1) is 19.3 Å². The Morgan fingerprint density at radius 3 is 1.93 bits per heavy atom. The first-order valence-electron chi connectivity index (χ1n) is 8.91. The third-order valence-electron chi connectivity index (χ3n) is 5.17. The van der Waals surface area contributed by atoms with E-state index in [1.807, 2.05) is 13.0 Å². The van der Waals surface area contributed by atoms with Crippen molar-refractivity contribution in [3.8, 4) is 0 Å². The topological polar surface area (TPSA) is 0 Å². The number of alkyl halides is 6. The molecule has 28 heavy (non-hydrogen) atoms. The van der Waals surface area contributed by atoms with Gasteiger partial charge in [0.05, 0.1) is 0 Å². The van der Waals surface area contributed by atoms with Gasteiger partial charge in [-0.15, -0.1) is 0 Å². The Morgan fingerprint density at radius 1 is 0.893 bits per heavy atom. The molecular weight excluding hydrogens is 378 g/mol. The number of aryl methyl sites for hydroxylation is 2. The predicted octanol–water partition coefficient (Wildman–Crippen LogP) is 7.82. The van der Waals surface area contributed by atoms with E-state index in [2.05, 4.69) is 0 Å².